The molecular formula is C15H24O2. The van der Waals surface area contributed by atoms with Crippen molar-refractivity contribution in [1.29, 1.82) is 0 Å². The third-order valence-corrected chi connectivity index (χ3v) is 3.40. The van der Waals surface area contributed by atoms with Gasteiger partial charge in [-0.2, -0.15) is 0 Å². The van der Waals surface area contributed by atoms with E-state index in [0.29, 0.717) is 11.8 Å². The molecule has 2 nitrogen and oxygen atoms in total. The smallest absolute Gasteiger partial charge is 0.0465 e. The zero-order chi connectivity index (χ0) is 12.7. The molecule has 1 aromatic rings. The molecule has 1 N–H and O–H groups in total. The number of hydrogen-bond donors (Lipinski definition) is 1. The van der Waals surface area contributed by atoms with Crippen LogP contribution in [-0.2, 0) is 11.2 Å². The van der Waals surface area contributed by atoms with Gasteiger partial charge in [0.1, 0.15) is 0 Å². The third-order valence-electron chi connectivity index (χ3n) is 3.40. The van der Waals surface area contributed by atoms with Crippen LogP contribution in [0.4, 0.5) is 0 Å². The Morgan fingerprint density at radius 3 is 2.71 bits per heavy atom. The summed E-state index contributed by atoms with van der Waals surface area (Å²) in [6.07, 6.45) is 1.95. The predicted octanol–water partition coefficient (Wildman–Crippen LogP) is 2.82. The van der Waals surface area contributed by atoms with E-state index in [0.717, 1.165) is 19.4 Å². The number of aliphatic hydroxyl groups is 1. The van der Waals surface area contributed by atoms with Gasteiger partial charge in [0.05, 0.1) is 0 Å². The van der Waals surface area contributed by atoms with Gasteiger partial charge < -0.3 is 9.84 Å². The van der Waals surface area contributed by atoms with E-state index < -0.39 is 0 Å². The van der Waals surface area contributed by atoms with Gasteiger partial charge in [-0.3, -0.25) is 0 Å². The fourth-order valence-corrected chi connectivity index (χ4v) is 2.13. The SMILES string of the molecule is COCCC(C)C(CO)Cc1cccc(C)c1. The summed E-state index contributed by atoms with van der Waals surface area (Å²) in [5.74, 6) is 0.812. The number of methoxy groups -OCH3 is 1. The van der Waals surface area contributed by atoms with Crippen LogP contribution in [0.25, 0.3) is 0 Å². The highest BCUT2D eigenvalue weighted by Gasteiger charge is 2.16. The second kappa shape index (κ2) is 7.46. The molecule has 17 heavy (non-hydrogen) atoms. The Bertz CT molecular complexity index is 322. The molecule has 96 valence electrons. The lowest BCUT2D eigenvalue weighted by molar-refractivity contribution is 0.134. The fraction of sp³-hybridized carbons (Fsp3) is 0.600. The first-order chi connectivity index (χ1) is 8.17. The van der Waals surface area contributed by atoms with Gasteiger partial charge in [-0.1, -0.05) is 36.8 Å². The monoisotopic (exact) mass is 236 g/mol. The maximum atomic E-state index is 9.49. The van der Waals surface area contributed by atoms with Gasteiger partial charge in [0.2, 0.25) is 0 Å². The zero-order valence-electron chi connectivity index (χ0n) is 11.1. The van der Waals surface area contributed by atoms with Gasteiger partial charge in [0.15, 0.2) is 0 Å². The van der Waals surface area contributed by atoms with Crippen LogP contribution < -0.4 is 0 Å². The maximum absolute atomic E-state index is 9.49. The summed E-state index contributed by atoms with van der Waals surface area (Å²) < 4.78 is 5.09. The first-order valence-corrected chi connectivity index (χ1v) is 6.32. The van der Waals surface area contributed by atoms with Crippen LogP contribution in [-0.4, -0.2) is 25.4 Å². The number of aliphatic hydroxyl groups excluding tert-OH is 1. The third kappa shape index (κ3) is 4.88. The quantitative estimate of drug-likeness (QED) is 0.789. The van der Waals surface area contributed by atoms with Crippen molar-refractivity contribution in [2.45, 2.75) is 26.7 Å². The summed E-state index contributed by atoms with van der Waals surface area (Å²) in [4.78, 5) is 0. The summed E-state index contributed by atoms with van der Waals surface area (Å²) in [6, 6.07) is 8.52. The maximum Gasteiger partial charge on any atom is 0.0465 e. The standard InChI is InChI=1S/C15H24O2/c1-12-5-4-6-14(9-12)10-15(11-16)13(2)7-8-17-3/h4-6,9,13,15-16H,7-8,10-11H2,1-3H3. The lowest BCUT2D eigenvalue weighted by Gasteiger charge is -2.22. The van der Waals surface area contributed by atoms with Crippen LogP contribution in [0.3, 0.4) is 0 Å². The van der Waals surface area contributed by atoms with E-state index in [-0.39, 0.29) is 6.61 Å². The van der Waals surface area contributed by atoms with E-state index in [1.54, 1.807) is 7.11 Å². The van der Waals surface area contributed by atoms with Gasteiger partial charge >= 0.3 is 0 Å². The molecule has 2 atom stereocenters. The van der Waals surface area contributed by atoms with Crippen molar-refractivity contribution in [3.05, 3.63) is 35.4 Å². The summed E-state index contributed by atoms with van der Waals surface area (Å²) in [5, 5.41) is 9.49. The summed E-state index contributed by atoms with van der Waals surface area (Å²) in [7, 11) is 1.72. The summed E-state index contributed by atoms with van der Waals surface area (Å²) in [5.41, 5.74) is 2.59. The molecule has 0 heterocycles. The van der Waals surface area contributed by atoms with E-state index in [1.165, 1.54) is 11.1 Å². The molecule has 0 aliphatic heterocycles. The van der Waals surface area contributed by atoms with E-state index in [1.807, 2.05) is 0 Å². The van der Waals surface area contributed by atoms with Gasteiger partial charge in [0.25, 0.3) is 0 Å². The Balaban J connectivity index is 2.56. The first kappa shape index (κ1) is 14.2. The molecule has 0 saturated carbocycles. The molecular weight excluding hydrogens is 212 g/mol. The van der Waals surface area contributed by atoms with Crippen molar-refractivity contribution in [2.24, 2.45) is 11.8 Å². The Hall–Kier alpha value is -0.860. The normalized spacial score (nSPS) is 14.6. The average molecular weight is 236 g/mol. The molecule has 0 amide bonds. The number of benzene rings is 1. The minimum Gasteiger partial charge on any atom is -0.396 e. The first-order valence-electron chi connectivity index (χ1n) is 6.32. The van der Waals surface area contributed by atoms with Crippen molar-refractivity contribution >= 4 is 0 Å². The van der Waals surface area contributed by atoms with Crippen molar-refractivity contribution in [3.63, 3.8) is 0 Å². The largest absolute Gasteiger partial charge is 0.396 e. The van der Waals surface area contributed by atoms with E-state index in [2.05, 4.69) is 38.1 Å². The van der Waals surface area contributed by atoms with Crippen molar-refractivity contribution < 1.29 is 9.84 Å². The zero-order valence-corrected chi connectivity index (χ0v) is 11.1. The van der Waals surface area contributed by atoms with Gasteiger partial charge in [0, 0.05) is 20.3 Å². The van der Waals surface area contributed by atoms with Gasteiger partial charge in [-0.15, -0.1) is 0 Å². The Morgan fingerprint density at radius 1 is 1.35 bits per heavy atom. The molecule has 0 aliphatic rings. The van der Waals surface area contributed by atoms with Crippen LogP contribution in [0.5, 0.6) is 0 Å². The molecule has 0 bridgehead atoms. The molecule has 2 heteroatoms. The molecule has 0 spiro atoms. The molecule has 0 fully saturated rings. The van der Waals surface area contributed by atoms with Gasteiger partial charge in [-0.05, 0) is 37.2 Å². The Kier molecular flexibility index (Phi) is 6.23. The lowest BCUT2D eigenvalue weighted by Crippen LogP contribution is -2.20. The number of rotatable bonds is 7. The van der Waals surface area contributed by atoms with E-state index in [9.17, 15) is 5.11 Å². The van der Waals surface area contributed by atoms with Crippen molar-refractivity contribution in [1.82, 2.24) is 0 Å². The van der Waals surface area contributed by atoms with Crippen LogP contribution in [0, 0.1) is 18.8 Å². The predicted molar refractivity (Wildman–Crippen MR) is 71.1 cm³/mol. The van der Waals surface area contributed by atoms with Crippen LogP contribution >= 0.6 is 0 Å². The van der Waals surface area contributed by atoms with Crippen LogP contribution in [0.1, 0.15) is 24.5 Å². The van der Waals surface area contributed by atoms with E-state index in [4.69, 9.17) is 4.74 Å². The summed E-state index contributed by atoms with van der Waals surface area (Å²) >= 11 is 0. The highest BCUT2D eigenvalue weighted by Crippen LogP contribution is 2.20. The summed E-state index contributed by atoms with van der Waals surface area (Å²) in [6.45, 7) is 5.31. The van der Waals surface area contributed by atoms with E-state index >= 15 is 0 Å². The Morgan fingerprint density at radius 2 is 2.12 bits per heavy atom. The average Bonchev–Trinajstić information content (AvgIpc) is 2.33. The number of aryl methyl sites for hydroxylation is 1. The molecule has 1 rings (SSSR count). The fourth-order valence-electron chi connectivity index (χ4n) is 2.13. The molecule has 0 aliphatic carbocycles. The number of hydrogen-bond acceptors (Lipinski definition) is 2. The molecule has 1 aromatic carbocycles. The Labute approximate surface area is 105 Å². The second-order valence-electron chi connectivity index (χ2n) is 4.89. The van der Waals surface area contributed by atoms with Crippen molar-refractivity contribution in [3.8, 4) is 0 Å². The second-order valence-corrected chi connectivity index (χ2v) is 4.89. The van der Waals surface area contributed by atoms with Crippen LogP contribution in [0.2, 0.25) is 0 Å². The topological polar surface area (TPSA) is 29.5 Å². The minimum atomic E-state index is 0.249. The lowest BCUT2D eigenvalue weighted by atomic mass is 9.86. The highest BCUT2D eigenvalue weighted by molar-refractivity contribution is 5.22. The highest BCUT2D eigenvalue weighted by atomic mass is 16.5. The van der Waals surface area contributed by atoms with Gasteiger partial charge in [-0.25, -0.2) is 0 Å². The molecule has 0 aromatic heterocycles. The molecule has 2 unspecified atom stereocenters. The van der Waals surface area contributed by atoms with Crippen LogP contribution in [0.15, 0.2) is 24.3 Å². The minimum absolute atomic E-state index is 0.249. The molecule has 0 saturated heterocycles. The molecule has 0 radical (unpaired) electrons. The van der Waals surface area contributed by atoms with Crippen molar-refractivity contribution in [2.75, 3.05) is 20.3 Å². The number of ether oxygens (including phenoxy) is 1.